The SMILES string of the molecule is CCOC(=O)C1=C(C)N=c2s/c(=C\c3ccc(OCc4ccc5c(c4)OCO5)c(OC)c3)c(=O)n2C1c1cccs1. The Balaban J connectivity index is 1.32. The molecular formula is C30H26N2O7S2. The summed E-state index contributed by atoms with van der Waals surface area (Å²) in [7, 11) is 1.57. The first-order valence-electron chi connectivity index (χ1n) is 12.9. The van der Waals surface area contributed by atoms with E-state index in [2.05, 4.69) is 4.99 Å². The van der Waals surface area contributed by atoms with Crippen molar-refractivity contribution >= 4 is 34.7 Å². The highest BCUT2D eigenvalue weighted by Crippen LogP contribution is 2.35. The van der Waals surface area contributed by atoms with Crippen LogP contribution in [0.15, 0.2) is 75.0 Å². The van der Waals surface area contributed by atoms with E-state index >= 15 is 0 Å². The number of aromatic nitrogens is 1. The zero-order chi connectivity index (χ0) is 28.5. The molecule has 4 aromatic rings. The third-order valence-corrected chi connectivity index (χ3v) is 8.55. The Hall–Kier alpha value is -4.35. The Morgan fingerprint density at radius 2 is 2.00 bits per heavy atom. The molecule has 0 bridgehead atoms. The molecule has 1 atom stereocenters. The van der Waals surface area contributed by atoms with Crippen molar-refractivity contribution in [3.63, 3.8) is 0 Å². The average Bonchev–Trinajstić information content (AvgIpc) is 3.73. The van der Waals surface area contributed by atoms with Crippen LogP contribution in [0.1, 0.15) is 35.9 Å². The number of esters is 1. The molecule has 11 heteroatoms. The Bertz CT molecular complexity index is 1840. The monoisotopic (exact) mass is 590 g/mol. The number of carbonyl (C=O) groups is 1. The molecule has 2 aliphatic heterocycles. The van der Waals surface area contributed by atoms with Crippen molar-refractivity contribution in [3.05, 3.63) is 101 Å². The molecule has 9 nitrogen and oxygen atoms in total. The number of benzene rings is 2. The van der Waals surface area contributed by atoms with E-state index in [1.165, 1.54) is 22.7 Å². The molecule has 0 fully saturated rings. The summed E-state index contributed by atoms with van der Waals surface area (Å²) in [6.45, 7) is 4.29. The van der Waals surface area contributed by atoms with Crippen LogP contribution in [-0.4, -0.2) is 31.0 Å². The molecule has 1 unspecified atom stereocenters. The van der Waals surface area contributed by atoms with Gasteiger partial charge in [0.05, 0.1) is 29.5 Å². The molecule has 0 saturated heterocycles. The number of fused-ring (bicyclic) bond motifs is 2. The van der Waals surface area contributed by atoms with E-state index < -0.39 is 12.0 Å². The van der Waals surface area contributed by atoms with Gasteiger partial charge in [0.15, 0.2) is 27.8 Å². The molecule has 4 heterocycles. The lowest BCUT2D eigenvalue weighted by molar-refractivity contribution is -0.139. The molecule has 0 spiro atoms. The molecule has 0 radical (unpaired) electrons. The summed E-state index contributed by atoms with van der Waals surface area (Å²) in [6, 6.07) is 14.4. The smallest absolute Gasteiger partial charge is 0.338 e. The fraction of sp³-hybridized carbons (Fsp3) is 0.233. The van der Waals surface area contributed by atoms with E-state index in [1.54, 1.807) is 31.6 Å². The first-order valence-corrected chi connectivity index (χ1v) is 14.6. The van der Waals surface area contributed by atoms with Gasteiger partial charge in [0.2, 0.25) is 6.79 Å². The lowest BCUT2D eigenvalue weighted by atomic mass is 10.0. The van der Waals surface area contributed by atoms with Gasteiger partial charge in [0.1, 0.15) is 12.6 Å². The molecule has 0 aliphatic carbocycles. The van der Waals surface area contributed by atoms with Crippen LogP contribution in [0.5, 0.6) is 23.0 Å². The van der Waals surface area contributed by atoms with E-state index in [-0.39, 0.29) is 19.0 Å². The van der Waals surface area contributed by atoms with E-state index in [0.717, 1.165) is 21.8 Å². The Morgan fingerprint density at radius 3 is 2.78 bits per heavy atom. The van der Waals surface area contributed by atoms with Crippen LogP contribution >= 0.6 is 22.7 Å². The maximum absolute atomic E-state index is 13.8. The van der Waals surface area contributed by atoms with Crippen molar-refractivity contribution in [3.8, 4) is 23.0 Å². The predicted molar refractivity (Wildman–Crippen MR) is 155 cm³/mol. The molecule has 210 valence electrons. The van der Waals surface area contributed by atoms with E-state index in [4.69, 9.17) is 23.7 Å². The molecule has 2 aliphatic rings. The number of methoxy groups -OCH3 is 1. The largest absolute Gasteiger partial charge is 0.493 e. The molecule has 2 aromatic carbocycles. The number of allylic oxidation sites excluding steroid dienone is 1. The quantitative estimate of drug-likeness (QED) is 0.284. The van der Waals surface area contributed by atoms with E-state index in [9.17, 15) is 9.59 Å². The number of nitrogens with zero attached hydrogens (tertiary/aromatic N) is 2. The normalized spacial score (nSPS) is 15.9. The van der Waals surface area contributed by atoms with Crippen LogP contribution in [0, 0.1) is 0 Å². The number of ether oxygens (including phenoxy) is 5. The number of hydrogen-bond donors (Lipinski definition) is 0. The van der Waals surface area contributed by atoms with Crippen LogP contribution < -0.4 is 33.8 Å². The summed E-state index contributed by atoms with van der Waals surface area (Å²) < 4.78 is 29.8. The standard InChI is InChI=1S/C30H26N2O7S2/c1-4-36-29(34)26-17(2)31-30-32(27(26)24-6-5-11-40-24)28(33)25(41-30)14-18-7-9-20(22(12-18)35-3)37-15-19-8-10-21-23(13-19)39-16-38-21/h5-14,27H,4,15-16H2,1-3H3/b25-14-. The van der Waals surface area contributed by atoms with Gasteiger partial charge in [0.25, 0.3) is 5.56 Å². The van der Waals surface area contributed by atoms with Crippen LogP contribution in [0.4, 0.5) is 0 Å². The van der Waals surface area contributed by atoms with Crippen LogP contribution in [-0.2, 0) is 16.1 Å². The topological polar surface area (TPSA) is 97.6 Å². The summed E-state index contributed by atoms with van der Waals surface area (Å²) in [6.07, 6.45) is 1.79. The van der Waals surface area contributed by atoms with Crippen molar-refractivity contribution in [2.75, 3.05) is 20.5 Å². The second-order valence-electron chi connectivity index (χ2n) is 9.20. The number of hydrogen-bond acceptors (Lipinski definition) is 10. The first kappa shape index (κ1) is 26.9. The average molecular weight is 591 g/mol. The van der Waals surface area contributed by atoms with Gasteiger partial charge in [-0.05, 0) is 66.8 Å². The molecule has 6 rings (SSSR count). The summed E-state index contributed by atoms with van der Waals surface area (Å²) in [4.78, 5) is 32.7. The van der Waals surface area contributed by atoms with Crippen LogP contribution in [0.25, 0.3) is 6.08 Å². The zero-order valence-corrected chi connectivity index (χ0v) is 24.2. The minimum absolute atomic E-state index is 0.216. The highest BCUT2D eigenvalue weighted by Gasteiger charge is 2.33. The van der Waals surface area contributed by atoms with Gasteiger partial charge >= 0.3 is 5.97 Å². The third-order valence-electron chi connectivity index (χ3n) is 6.65. The summed E-state index contributed by atoms with van der Waals surface area (Å²) in [5, 5.41) is 1.92. The van der Waals surface area contributed by atoms with Gasteiger partial charge < -0.3 is 23.7 Å². The summed E-state index contributed by atoms with van der Waals surface area (Å²) >= 11 is 2.75. The van der Waals surface area contributed by atoms with Gasteiger partial charge in [-0.15, -0.1) is 11.3 Å². The minimum atomic E-state index is -0.603. The Morgan fingerprint density at radius 1 is 1.15 bits per heavy atom. The number of rotatable bonds is 8. The second-order valence-corrected chi connectivity index (χ2v) is 11.2. The molecule has 0 N–H and O–H groups in total. The Labute approximate surface area is 243 Å². The van der Waals surface area contributed by atoms with Crippen molar-refractivity contribution in [1.29, 1.82) is 0 Å². The minimum Gasteiger partial charge on any atom is -0.493 e. The number of thiazole rings is 1. The van der Waals surface area contributed by atoms with Gasteiger partial charge in [-0.25, -0.2) is 9.79 Å². The van der Waals surface area contributed by atoms with Gasteiger partial charge in [-0.1, -0.05) is 29.5 Å². The van der Waals surface area contributed by atoms with Crippen molar-refractivity contribution in [2.24, 2.45) is 4.99 Å². The number of thiophene rings is 1. The lowest BCUT2D eigenvalue weighted by Gasteiger charge is -2.23. The summed E-state index contributed by atoms with van der Waals surface area (Å²) in [5.41, 5.74) is 2.37. The van der Waals surface area contributed by atoms with Crippen molar-refractivity contribution < 1.29 is 28.5 Å². The number of carbonyl (C=O) groups excluding carboxylic acids is 1. The molecule has 0 amide bonds. The third kappa shape index (κ3) is 5.14. The van der Waals surface area contributed by atoms with Gasteiger partial charge in [0, 0.05) is 4.88 Å². The maximum Gasteiger partial charge on any atom is 0.338 e. The zero-order valence-electron chi connectivity index (χ0n) is 22.5. The fourth-order valence-corrected chi connectivity index (χ4v) is 6.61. The lowest BCUT2D eigenvalue weighted by Crippen LogP contribution is -2.39. The Kier molecular flexibility index (Phi) is 7.38. The molecule has 2 aromatic heterocycles. The summed E-state index contributed by atoms with van der Waals surface area (Å²) in [5.74, 6) is 2.04. The maximum atomic E-state index is 13.8. The second kappa shape index (κ2) is 11.3. The van der Waals surface area contributed by atoms with Crippen LogP contribution in [0.2, 0.25) is 0 Å². The van der Waals surface area contributed by atoms with E-state index in [0.29, 0.717) is 44.5 Å². The highest BCUT2D eigenvalue weighted by molar-refractivity contribution is 7.10. The fourth-order valence-electron chi connectivity index (χ4n) is 4.74. The molecule has 0 saturated carbocycles. The van der Waals surface area contributed by atoms with E-state index in [1.807, 2.05) is 53.9 Å². The molecule has 41 heavy (non-hydrogen) atoms. The van der Waals surface area contributed by atoms with Crippen molar-refractivity contribution in [1.82, 2.24) is 4.57 Å². The van der Waals surface area contributed by atoms with Crippen molar-refractivity contribution in [2.45, 2.75) is 26.5 Å². The van der Waals surface area contributed by atoms with Crippen LogP contribution in [0.3, 0.4) is 0 Å². The molecular weight excluding hydrogens is 564 g/mol. The van der Waals surface area contributed by atoms with Gasteiger partial charge in [-0.2, -0.15) is 0 Å². The van der Waals surface area contributed by atoms with Gasteiger partial charge in [-0.3, -0.25) is 9.36 Å². The first-order chi connectivity index (χ1) is 20.0. The highest BCUT2D eigenvalue weighted by atomic mass is 32.1. The predicted octanol–water partition coefficient (Wildman–Crippen LogP) is 4.18.